The second kappa shape index (κ2) is 11.8. The van der Waals surface area contributed by atoms with Crippen LogP contribution in [0.25, 0.3) is 10.8 Å². The summed E-state index contributed by atoms with van der Waals surface area (Å²) in [5, 5.41) is 3.56. The van der Waals surface area contributed by atoms with Gasteiger partial charge in [-0.25, -0.2) is 13.2 Å². The average molecular weight is 672 g/mol. The first-order valence-corrected chi connectivity index (χ1v) is 17.2. The summed E-state index contributed by atoms with van der Waals surface area (Å²) in [4.78, 5) is 48.7. The number of carbonyl (C=O) groups excluding carboxylic acids is 3. The smallest absolute Gasteiger partial charge is 0.411 e. The first kappa shape index (κ1) is 32.7. The normalized spacial score (nSPS) is 25.3. The van der Waals surface area contributed by atoms with Gasteiger partial charge in [0.25, 0.3) is 5.91 Å². The van der Waals surface area contributed by atoms with Crippen molar-refractivity contribution in [2.45, 2.75) is 75.0 Å². The second-order valence-corrected chi connectivity index (χ2v) is 15.5. The maximum absolute atomic E-state index is 13.9. The van der Waals surface area contributed by atoms with Gasteiger partial charge in [-0.3, -0.25) is 19.2 Å². The lowest BCUT2D eigenvalue weighted by atomic mass is 10.1. The van der Waals surface area contributed by atoms with Crippen LogP contribution in [0, 0.1) is 5.92 Å². The van der Waals surface area contributed by atoms with Gasteiger partial charge in [-0.15, -0.1) is 6.58 Å². The molecule has 2 aliphatic heterocycles. The van der Waals surface area contributed by atoms with Crippen molar-refractivity contribution in [3.05, 3.63) is 30.9 Å². The Labute approximate surface area is 273 Å². The highest BCUT2D eigenvalue weighted by molar-refractivity contribution is 7.91. The molecule has 47 heavy (non-hydrogen) atoms. The maximum atomic E-state index is 13.9. The standard InChI is InChI=1S/C32H41N5O9S/c1-7-18-16-32(18,29(39)35-47(41,42)21-9-10-21)34-27(38)24-15-20(17-37(24)30(40)46-31(2,3)4)45-28-22-11-8-19(43-6)14-23(22)25-26(33-28)36(5)12-13-44-25/h7-8,11,14,18,20-21,24H,1,9-10,12-13,15-17H2,2-6H3,(H,34,38)(H,35,39)/t18-,20-,24+,32-/m1/s1. The van der Waals surface area contributed by atoms with E-state index < -0.39 is 62.4 Å². The molecule has 3 amide bonds. The Morgan fingerprint density at radius 2 is 1.94 bits per heavy atom. The fourth-order valence-electron chi connectivity index (χ4n) is 6.06. The zero-order chi connectivity index (χ0) is 33.9. The quantitative estimate of drug-likeness (QED) is 0.376. The molecule has 0 spiro atoms. The maximum Gasteiger partial charge on any atom is 0.411 e. The van der Waals surface area contributed by atoms with Gasteiger partial charge in [0.1, 0.15) is 35.6 Å². The van der Waals surface area contributed by atoms with Gasteiger partial charge >= 0.3 is 6.09 Å². The number of aromatic nitrogens is 1. The molecular weight excluding hydrogens is 630 g/mol. The van der Waals surface area contributed by atoms with E-state index in [0.717, 1.165) is 5.39 Å². The molecule has 2 saturated carbocycles. The third-order valence-electron chi connectivity index (χ3n) is 8.87. The van der Waals surface area contributed by atoms with Crippen molar-refractivity contribution < 1.29 is 41.7 Å². The Kier molecular flexibility index (Phi) is 8.17. The molecule has 2 N–H and O–H groups in total. The van der Waals surface area contributed by atoms with Gasteiger partial charge < -0.3 is 29.2 Å². The van der Waals surface area contributed by atoms with Crippen LogP contribution in [0.5, 0.6) is 17.4 Å². The van der Waals surface area contributed by atoms with Gasteiger partial charge in [0.15, 0.2) is 11.6 Å². The number of benzene rings is 1. The molecule has 2 aromatic rings. The van der Waals surface area contributed by atoms with Crippen molar-refractivity contribution in [2.75, 3.05) is 38.8 Å². The number of methoxy groups -OCH3 is 1. The van der Waals surface area contributed by atoms with Crippen LogP contribution in [0.2, 0.25) is 0 Å². The van der Waals surface area contributed by atoms with Crippen LogP contribution < -0.4 is 29.1 Å². The number of anilines is 1. The molecule has 4 aliphatic rings. The minimum Gasteiger partial charge on any atom is -0.497 e. The Bertz CT molecular complexity index is 1740. The lowest BCUT2D eigenvalue weighted by Gasteiger charge is -2.29. The topological polar surface area (TPSA) is 166 Å². The first-order valence-electron chi connectivity index (χ1n) is 15.7. The largest absolute Gasteiger partial charge is 0.497 e. The molecule has 254 valence electrons. The monoisotopic (exact) mass is 671 g/mol. The van der Waals surface area contributed by atoms with Gasteiger partial charge in [-0.05, 0) is 58.2 Å². The summed E-state index contributed by atoms with van der Waals surface area (Å²) in [7, 11) is -0.374. The van der Waals surface area contributed by atoms with Crippen LogP contribution >= 0.6 is 0 Å². The van der Waals surface area contributed by atoms with E-state index in [2.05, 4.69) is 16.6 Å². The molecule has 1 aromatic carbocycles. The number of likely N-dealkylation sites (N-methyl/N-ethyl adjacent to an activating group) is 1. The molecule has 4 atom stereocenters. The number of carbonyl (C=O) groups is 3. The summed E-state index contributed by atoms with van der Waals surface area (Å²) >= 11 is 0. The van der Waals surface area contributed by atoms with Gasteiger partial charge in [-0.2, -0.15) is 4.98 Å². The zero-order valence-electron chi connectivity index (χ0n) is 27.2. The van der Waals surface area contributed by atoms with Crippen molar-refractivity contribution in [3.63, 3.8) is 0 Å². The fourth-order valence-corrected chi connectivity index (χ4v) is 7.43. The minimum atomic E-state index is -3.85. The molecule has 1 aromatic heterocycles. The molecule has 0 bridgehead atoms. The summed E-state index contributed by atoms with van der Waals surface area (Å²) < 4.78 is 50.8. The number of pyridine rings is 1. The van der Waals surface area contributed by atoms with Crippen molar-refractivity contribution in [2.24, 2.45) is 5.92 Å². The summed E-state index contributed by atoms with van der Waals surface area (Å²) in [6, 6.07) is 4.37. The van der Waals surface area contributed by atoms with E-state index in [9.17, 15) is 22.8 Å². The van der Waals surface area contributed by atoms with Crippen molar-refractivity contribution >= 4 is 44.5 Å². The van der Waals surface area contributed by atoms with Crippen LogP contribution in [0.3, 0.4) is 0 Å². The molecule has 2 aliphatic carbocycles. The highest BCUT2D eigenvalue weighted by atomic mass is 32.2. The lowest BCUT2D eigenvalue weighted by molar-refractivity contribution is -0.131. The molecule has 0 unspecified atom stereocenters. The number of rotatable bonds is 9. The highest BCUT2D eigenvalue weighted by Crippen LogP contribution is 2.46. The predicted molar refractivity (Wildman–Crippen MR) is 172 cm³/mol. The number of sulfonamides is 1. The number of nitrogens with zero attached hydrogens (tertiary/aromatic N) is 3. The van der Waals surface area contributed by atoms with E-state index in [1.165, 1.54) is 11.0 Å². The number of nitrogens with one attached hydrogen (secondary N) is 2. The molecule has 15 heteroatoms. The van der Waals surface area contributed by atoms with Crippen molar-refractivity contribution in [1.82, 2.24) is 19.9 Å². The Morgan fingerprint density at radius 1 is 1.19 bits per heavy atom. The zero-order valence-corrected chi connectivity index (χ0v) is 28.0. The second-order valence-electron chi connectivity index (χ2n) is 13.6. The van der Waals surface area contributed by atoms with Crippen molar-refractivity contribution in [1.29, 1.82) is 0 Å². The van der Waals surface area contributed by atoms with Crippen LogP contribution in [0.15, 0.2) is 30.9 Å². The third-order valence-corrected chi connectivity index (χ3v) is 10.7. The van der Waals surface area contributed by atoms with Crippen LogP contribution in [0.4, 0.5) is 10.6 Å². The minimum absolute atomic E-state index is 0.00407. The van der Waals surface area contributed by atoms with Crippen LogP contribution in [-0.2, 0) is 24.3 Å². The molecule has 0 radical (unpaired) electrons. The Morgan fingerprint density at radius 3 is 2.57 bits per heavy atom. The van der Waals surface area contributed by atoms with Gasteiger partial charge in [0.2, 0.25) is 21.8 Å². The predicted octanol–water partition coefficient (Wildman–Crippen LogP) is 2.50. The molecule has 14 nitrogen and oxygen atoms in total. The Hall–Kier alpha value is -4.27. The van der Waals surface area contributed by atoms with E-state index in [4.69, 9.17) is 23.9 Å². The summed E-state index contributed by atoms with van der Waals surface area (Å²) in [5.74, 6) is 0.183. The van der Waals surface area contributed by atoms with Gasteiger partial charge in [0.05, 0.1) is 25.4 Å². The number of fused-ring (bicyclic) bond motifs is 3. The molecule has 3 fully saturated rings. The number of ether oxygens (including phenoxy) is 4. The SMILES string of the molecule is C=C[C@@H]1C[C@]1(NC(=O)[C@@H]1C[C@@H](Oc2nc3c(c4cc(OC)ccc24)OCCN3C)CN1C(=O)OC(C)(C)C)C(=O)NS(=O)(=O)C1CC1. The number of likely N-dealkylation sites (tertiary alicyclic amines) is 1. The lowest BCUT2D eigenvalue weighted by Crippen LogP contribution is -2.56. The van der Waals surface area contributed by atoms with E-state index in [0.29, 0.717) is 54.6 Å². The summed E-state index contributed by atoms with van der Waals surface area (Å²) in [5.41, 5.74) is -2.35. The third kappa shape index (κ3) is 6.36. The summed E-state index contributed by atoms with van der Waals surface area (Å²) in [6.45, 7) is 10.0. The number of amides is 3. The van der Waals surface area contributed by atoms with E-state index in [-0.39, 0.29) is 19.4 Å². The van der Waals surface area contributed by atoms with Crippen LogP contribution in [-0.4, -0.2) is 98.6 Å². The highest BCUT2D eigenvalue weighted by Gasteiger charge is 2.62. The van der Waals surface area contributed by atoms with Crippen molar-refractivity contribution in [3.8, 4) is 17.4 Å². The number of hydrogen-bond acceptors (Lipinski definition) is 11. The fraction of sp³-hybridized carbons (Fsp3) is 0.562. The molecule has 6 rings (SSSR count). The summed E-state index contributed by atoms with van der Waals surface area (Å²) in [6.07, 6.45) is 1.30. The molecule has 3 heterocycles. The first-order chi connectivity index (χ1) is 22.2. The Balaban J connectivity index is 1.28. The van der Waals surface area contributed by atoms with Gasteiger partial charge in [0, 0.05) is 30.2 Å². The van der Waals surface area contributed by atoms with E-state index in [1.807, 2.05) is 24.1 Å². The average Bonchev–Trinajstić information content (AvgIpc) is 3.93. The van der Waals surface area contributed by atoms with Gasteiger partial charge in [-0.1, -0.05) is 6.08 Å². The number of hydrogen-bond donors (Lipinski definition) is 2. The van der Waals surface area contributed by atoms with E-state index in [1.54, 1.807) is 33.9 Å². The molecular formula is C32H41N5O9S. The van der Waals surface area contributed by atoms with E-state index >= 15 is 0 Å². The van der Waals surface area contributed by atoms with Crippen LogP contribution in [0.1, 0.15) is 46.5 Å². The molecule has 1 saturated heterocycles.